The molecule has 0 rings (SSSR count). The van der Waals surface area contributed by atoms with Gasteiger partial charge >= 0.3 is 17.9 Å². The van der Waals surface area contributed by atoms with Gasteiger partial charge in [-0.2, -0.15) is 0 Å². The Morgan fingerprint density at radius 1 is 0.359 bits per heavy atom. The number of ether oxygens (including phenoxy) is 3. The molecular weight excluding hydrogens is 793 g/mol. The Morgan fingerprint density at radius 2 is 0.766 bits per heavy atom. The van der Waals surface area contributed by atoms with Crippen LogP contribution < -0.4 is 0 Å². The summed E-state index contributed by atoms with van der Waals surface area (Å²) in [5.41, 5.74) is 0. The minimum atomic E-state index is -0.860. The summed E-state index contributed by atoms with van der Waals surface area (Å²) in [4.78, 5) is 37.8. The highest BCUT2D eigenvalue weighted by atomic mass is 16.6. The molecule has 64 heavy (non-hydrogen) atoms. The van der Waals surface area contributed by atoms with E-state index in [0.29, 0.717) is 12.8 Å². The average Bonchev–Trinajstić information content (AvgIpc) is 3.29. The van der Waals surface area contributed by atoms with Gasteiger partial charge in [-0.1, -0.05) is 212 Å². The lowest BCUT2D eigenvalue weighted by Gasteiger charge is -2.18. The van der Waals surface area contributed by atoms with Crippen LogP contribution in [0.5, 0.6) is 0 Å². The largest absolute Gasteiger partial charge is 0.462 e. The molecular formula is C58H88O6. The fourth-order valence-corrected chi connectivity index (χ4v) is 6.00. The van der Waals surface area contributed by atoms with E-state index in [1.165, 1.54) is 32.1 Å². The molecule has 0 aliphatic carbocycles. The number of unbranched alkanes of at least 4 members (excludes halogenated alkanes) is 10. The van der Waals surface area contributed by atoms with Gasteiger partial charge in [0.05, 0.1) is 6.42 Å². The number of allylic oxidation sites excluding steroid dienone is 23. The van der Waals surface area contributed by atoms with E-state index < -0.39 is 12.1 Å². The van der Waals surface area contributed by atoms with Crippen LogP contribution in [0.25, 0.3) is 0 Å². The van der Waals surface area contributed by atoms with Gasteiger partial charge in [-0.25, -0.2) is 0 Å². The highest BCUT2D eigenvalue weighted by Gasteiger charge is 2.19. The number of rotatable bonds is 42. The first-order valence-electron chi connectivity index (χ1n) is 24.9. The third kappa shape index (κ3) is 48.3. The van der Waals surface area contributed by atoms with Crippen LogP contribution in [0.2, 0.25) is 0 Å². The van der Waals surface area contributed by atoms with E-state index in [4.69, 9.17) is 14.2 Å². The van der Waals surface area contributed by atoms with Crippen LogP contribution >= 0.6 is 0 Å². The van der Waals surface area contributed by atoms with Crippen LogP contribution in [-0.4, -0.2) is 37.2 Å². The summed E-state index contributed by atoms with van der Waals surface area (Å²) in [5, 5.41) is 0. The molecule has 0 saturated heterocycles. The van der Waals surface area contributed by atoms with Crippen molar-refractivity contribution >= 4 is 17.9 Å². The van der Waals surface area contributed by atoms with E-state index >= 15 is 0 Å². The quantitative estimate of drug-likeness (QED) is 0.0200. The zero-order valence-electron chi connectivity index (χ0n) is 40.5. The second kappa shape index (κ2) is 50.9. The van der Waals surface area contributed by atoms with Crippen molar-refractivity contribution in [2.45, 2.75) is 187 Å². The maximum absolute atomic E-state index is 12.8. The molecule has 0 fully saturated rings. The van der Waals surface area contributed by atoms with E-state index in [-0.39, 0.29) is 44.4 Å². The minimum Gasteiger partial charge on any atom is -0.462 e. The van der Waals surface area contributed by atoms with Crippen molar-refractivity contribution in [3.8, 4) is 0 Å². The summed E-state index contributed by atoms with van der Waals surface area (Å²) in [7, 11) is 0. The zero-order valence-corrected chi connectivity index (χ0v) is 40.5. The molecule has 0 bridgehead atoms. The first-order chi connectivity index (χ1) is 31.5. The van der Waals surface area contributed by atoms with Gasteiger partial charge in [0.2, 0.25) is 0 Å². The molecule has 0 aromatic carbocycles. The van der Waals surface area contributed by atoms with Crippen LogP contribution in [0.15, 0.2) is 146 Å². The molecule has 0 aromatic rings. The first kappa shape index (κ1) is 59.3. The minimum absolute atomic E-state index is 0.110. The number of carbonyl (C=O) groups is 3. The van der Waals surface area contributed by atoms with Gasteiger partial charge in [0.1, 0.15) is 13.2 Å². The number of carbonyl (C=O) groups excluding carboxylic acids is 3. The molecule has 0 amide bonds. The van der Waals surface area contributed by atoms with E-state index in [0.717, 1.165) is 96.3 Å². The monoisotopic (exact) mass is 881 g/mol. The van der Waals surface area contributed by atoms with Crippen LogP contribution in [-0.2, 0) is 28.6 Å². The molecule has 6 heteroatoms. The lowest BCUT2D eigenvalue weighted by atomic mass is 10.1. The summed E-state index contributed by atoms with van der Waals surface area (Å²) >= 11 is 0. The standard InChI is InChI=1S/C58H88O6/c1-4-7-10-13-16-19-21-23-25-27-29-31-32-34-36-39-42-45-48-51-57(60)63-54-55(53-62-56(59)50-47-44-41-38-18-15-12-9-6-3)64-58(61)52-49-46-43-40-37-35-33-30-28-26-24-22-20-17-14-11-8-5-2/h7,9-10,12,16,18-19,22-26,28-31,33-34,36,38,42,44-45,47,55H,4-6,8,11,13-15,17,20-21,27,32,35,37,39-41,43,46,48-54H2,1-3H3/b10-7-,12-9-,19-16-,24-22-,25-23-,28-26-,31-29-,33-30-,36-34-,38-18-,45-42-,47-44-. The Hall–Kier alpha value is -4.71. The van der Waals surface area contributed by atoms with Crippen molar-refractivity contribution in [1.29, 1.82) is 0 Å². The summed E-state index contributed by atoms with van der Waals surface area (Å²) in [5.74, 6) is -1.20. The lowest BCUT2D eigenvalue weighted by Crippen LogP contribution is -2.30. The number of esters is 3. The second-order valence-electron chi connectivity index (χ2n) is 15.7. The number of hydrogen-bond acceptors (Lipinski definition) is 6. The van der Waals surface area contributed by atoms with E-state index in [9.17, 15) is 14.4 Å². The molecule has 0 aromatic heterocycles. The number of hydrogen-bond donors (Lipinski definition) is 0. The van der Waals surface area contributed by atoms with E-state index in [1.807, 2.05) is 18.2 Å². The zero-order chi connectivity index (χ0) is 46.5. The Labute approximate surface area is 391 Å². The predicted molar refractivity (Wildman–Crippen MR) is 274 cm³/mol. The smallest absolute Gasteiger partial charge is 0.309 e. The molecule has 0 aliphatic rings. The molecule has 0 heterocycles. The molecule has 356 valence electrons. The van der Waals surface area contributed by atoms with Gasteiger partial charge in [-0.3, -0.25) is 14.4 Å². The van der Waals surface area contributed by atoms with Crippen LogP contribution in [0.3, 0.4) is 0 Å². The van der Waals surface area contributed by atoms with Crippen molar-refractivity contribution in [3.05, 3.63) is 146 Å². The Balaban J connectivity index is 4.58. The van der Waals surface area contributed by atoms with Crippen molar-refractivity contribution in [1.82, 2.24) is 0 Å². The molecule has 0 N–H and O–H groups in total. The fourth-order valence-electron chi connectivity index (χ4n) is 6.00. The predicted octanol–water partition coefficient (Wildman–Crippen LogP) is 16.5. The van der Waals surface area contributed by atoms with Crippen molar-refractivity contribution in [3.63, 3.8) is 0 Å². The van der Waals surface area contributed by atoms with Gasteiger partial charge < -0.3 is 14.2 Å². The fraction of sp³-hybridized carbons (Fsp3) is 0.534. The maximum atomic E-state index is 12.8. The molecule has 0 aliphatic heterocycles. The molecule has 0 radical (unpaired) electrons. The SMILES string of the molecule is CC/C=C\C/C=C\C/C=C\C/C=C\C/C=C\C/C=C\CCC(=O)OCC(COC(=O)C/C=C\C/C=C\C/C=C\CC)OC(=O)CCCCCCC\C=C/C=C\C=C/CCCCCCC. The molecule has 1 atom stereocenters. The van der Waals surface area contributed by atoms with E-state index in [1.54, 1.807) is 6.08 Å². The van der Waals surface area contributed by atoms with Gasteiger partial charge in [-0.05, 0) is 96.3 Å². The first-order valence-corrected chi connectivity index (χ1v) is 24.9. The van der Waals surface area contributed by atoms with Crippen LogP contribution in [0.4, 0.5) is 0 Å². The van der Waals surface area contributed by atoms with Crippen molar-refractivity contribution in [2.24, 2.45) is 0 Å². The third-order valence-corrected chi connectivity index (χ3v) is 9.67. The maximum Gasteiger partial charge on any atom is 0.309 e. The van der Waals surface area contributed by atoms with E-state index in [2.05, 4.69) is 142 Å². The Morgan fingerprint density at radius 3 is 1.25 bits per heavy atom. The molecule has 0 spiro atoms. The van der Waals surface area contributed by atoms with Crippen LogP contribution in [0.1, 0.15) is 181 Å². The molecule has 6 nitrogen and oxygen atoms in total. The second-order valence-corrected chi connectivity index (χ2v) is 15.7. The highest BCUT2D eigenvalue weighted by molar-refractivity contribution is 5.72. The lowest BCUT2D eigenvalue weighted by molar-refractivity contribution is -0.166. The summed E-state index contributed by atoms with van der Waals surface area (Å²) in [6, 6.07) is 0. The third-order valence-electron chi connectivity index (χ3n) is 9.67. The topological polar surface area (TPSA) is 78.9 Å². The highest BCUT2D eigenvalue weighted by Crippen LogP contribution is 2.11. The van der Waals surface area contributed by atoms with Crippen LogP contribution in [0, 0.1) is 0 Å². The normalized spacial score (nSPS) is 13.4. The summed E-state index contributed by atoms with van der Waals surface area (Å²) in [6.07, 6.45) is 73.1. The van der Waals surface area contributed by atoms with Gasteiger partial charge in [0.25, 0.3) is 0 Å². The Bertz CT molecular complexity index is 1480. The molecule has 0 saturated carbocycles. The van der Waals surface area contributed by atoms with Gasteiger partial charge in [0.15, 0.2) is 6.10 Å². The van der Waals surface area contributed by atoms with Gasteiger partial charge in [-0.15, -0.1) is 0 Å². The summed E-state index contributed by atoms with van der Waals surface area (Å²) < 4.78 is 16.5. The summed E-state index contributed by atoms with van der Waals surface area (Å²) in [6.45, 7) is 6.17. The molecule has 1 unspecified atom stereocenters. The Kier molecular flexibility index (Phi) is 47.2. The average molecular weight is 881 g/mol. The van der Waals surface area contributed by atoms with Gasteiger partial charge in [0, 0.05) is 12.8 Å². The van der Waals surface area contributed by atoms with Crippen molar-refractivity contribution < 1.29 is 28.6 Å². The van der Waals surface area contributed by atoms with Crippen molar-refractivity contribution in [2.75, 3.05) is 13.2 Å².